The van der Waals surface area contributed by atoms with Gasteiger partial charge in [-0.1, -0.05) is 60.7 Å². The molecule has 27 heavy (non-hydrogen) atoms. The monoisotopic (exact) mass is 371 g/mol. The number of benzene rings is 3. The van der Waals surface area contributed by atoms with Gasteiger partial charge in [0.05, 0.1) is 4.88 Å². The summed E-state index contributed by atoms with van der Waals surface area (Å²) in [6.45, 7) is 1.57. The number of hydrogen-bond donors (Lipinski definition) is 1. The molecule has 0 saturated carbocycles. The van der Waals surface area contributed by atoms with Gasteiger partial charge in [-0.15, -0.1) is 11.3 Å². The first kappa shape index (κ1) is 17.2. The molecule has 0 aliphatic heterocycles. The lowest BCUT2D eigenvalue weighted by molar-refractivity contribution is 0.101. The van der Waals surface area contributed by atoms with Crippen LogP contribution in [0, 0.1) is 0 Å². The Morgan fingerprint density at radius 3 is 1.89 bits per heavy atom. The van der Waals surface area contributed by atoms with Gasteiger partial charge < -0.3 is 5.11 Å². The zero-order chi connectivity index (χ0) is 18.8. The second-order valence-electron chi connectivity index (χ2n) is 6.29. The normalized spacial score (nSPS) is 10.7. The largest absolute Gasteiger partial charge is 0.508 e. The van der Waals surface area contributed by atoms with Gasteiger partial charge in [0.1, 0.15) is 10.8 Å². The second-order valence-corrected chi connectivity index (χ2v) is 7.32. The van der Waals surface area contributed by atoms with Crippen molar-refractivity contribution >= 4 is 17.1 Å². The molecular weight excluding hydrogens is 354 g/mol. The number of ketones is 1. The first-order valence-corrected chi connectivity index (χ1v) is 9.39. The van der Waals surface area contributed by atoms with E-state index in [4.69, 9.17) is 0 Å². The standard InChI is InChI=1S/C23H17NO2S/c1-15(25)16-2-8-20(9-3-16)23-24-14-22(27-23)19-6-4-17(5-7-19)18-10-12-21(26)13-11-18/h2-14,26H,1H3. The van der Waals surface area contributed by atoms with Gasteiger partial charge >= 0.3 is 0 Å². The van der Waals surface area contributed by atoms with E-state index in [1.165, 1.54) is 0 Å². The van der Waals surface area contributed by atoms with E-state index >= 15 is 0 Å². The Labute approximate surface area is 161 Å². The summed E-state index contributed by atoms with van der Waals surface area (Å²) in [5.74, 6) is 0.332. The number of rotatable bonds is 4. The van der Waals surface area contributed by atoms with Crippen LogP contribution in [0.5, 0.6) is 5.75 Å². The van der Waals surface area contributed by atoms with Crippen molar-refractivity contribution in [1.82, 2.24) is 4.98 Å². The molecule has 0 fully saturated rings. The summed E-state index contributed by atoms with van der Waals surface area (Å²) in [4.78, 5) is 17.0. The van der Waals surface area contributed by atoms with Gasteiger partial charge in [-0.25, -0.2) is 4.98 Å². The number of carbonyl (C=O) groups excluding carboxylic acids is 1. The predicted molar refractivity (Wildman–Crippen MR) is 110 cm³/mol. The molecule has 4 heteroatoms. The van der Waals surface area contributed by atoms with E-state index in [1.54, 1.807) is 30.4 Å². The van der Waals surface area contributed by atoms with E-state index in [0.717, 1.165) is 32.1 Å². The Morgan fingerprint density at radius 2 is 1.30 bits per heavy atom. The highest BCUT2D eigenvalue weighted by Crippen LogP contribution is 2.33. The molecule has 1 heterocycles. The number of thiazole rings is 1. The maximum Gasteiger partial charge on any atom is 0.159 e. The fraction of sp³-hybridized carbons (Fsp3) is 0.0435. The van der Waals surface area contributed by atoms with Crippen LogP contribution in [0.15, 0.2) is 79.0 Å². The summed E-state index contributed by atoms with van der Waals surface area (Å²) in [5.41, 5.74) is 5.00. The maximum absolute atomic E-state index is 11.4. The first-order chi connectivity index (χ1) is 13.1. The molecule has 1 N–H and O–H groups in total. The molecule has 132 valence electrons. The number of hydrogen-bond acceptors (Lipinski definition) is 4. The van der Waals surface area contributed by atoms with Crippen LogP contribution in [0.3, 0.4) is 0 Å². The SMILES string of the molecule is CC(=O)c1ccc(-c2ncc(-c3ccc(-c4ccc(O)cc4)cc3)s2)cc1. The third-order valence-electron chi connectivity index (χ3n) is 4.41. The van der Waals surface area contributed by atoms with Crippen LogP contribution >= 0.6 is 11.3 Å². The summed E-state index contributed by atoms with van der Waals surface area (Å²) in [6.07, 6.45) is 1.88. The van der Waals surface area contributed by atoms with Gasteiger partial charge in [0, 0.05) is 17.3 Å². The van der Waals surface area contributed by atoms with Crippen LogP contribution in [0.1, 0.15) is 17.3 Å². The number of aromatic hydroxyl groups is 1. The highest BCUT2D eigenvalue weighted by Gasteiger charge is 2.08. The molecule has 0 atom stereocenters. The quantitative estimate of drug-likeness (QED) is 0.444. The van der Waals surface area contributed by atoms with Crippen LogP contribution in [0.25, 0.3) is 32.1 Å². The third-order valence-corrected chi connectivity index (χ3v) is 5.51. The molecular formula is C23H17NO2S. The first-order valence-electron chi connectivity index (χ1n) is 8.57. The summed E-state index contributed by atoms with van der Waals surface area (Å²) in [6, 6.07) is 23.0. The van der Waals surface area contributed by atoms with Crippen LogP contribution in [0.4, 0.5) is 0 Å². The van der Waals surface area contributed by atoms with Crippen molar-refractivity contribution in [1.29, 1.82) is 0 Å². The summed E-state index contributed by atoms with van der Waals surface area (Å²) in [5, 5.41) is 10.3. The van der Waals surface area contributed by atoms with Gasteiger partial charge in [0.25, 0.3) is 0 Å². The van der Waals surface area contributed by atoms with E-state index in [0.29, 0.717) is 5.56 Å². The van der Waals surface area contributed by atoms with E-state index in [1.807, 2.05) is 42.6 Å². The topological polar surface area (TPSA) is 50.2 Å². The molecule has 0 radical (unpaired) electrons. The molecule has 0 saturated heterocycles. The van der Waals surface area contributed by atoms with E-state index in [2.05, 4.69) is 29.2 Å². The smallest absolute Gasteiger partial charge is 0.159 e. The minimum absolute atomic E-state index is 0.0649. The van der Waals surface area contributed by atoms with Gasteiger partial charge in [-0.05, 0) is 35.7 Å². The average molecular weight is 371 g/mol. The summed E-state index contributed by atoms with van der Waals surface area (Å²) >= 11 is 1.63. The van der Waals surface area contributed by atoms with Crippen molar-refractivity contribution in [2.45, 2.75) is 6.92 Å². The molecule has 1 aromatic heterocycles. The molecule has 0 spiro atoms. The number of phenols is 1. The van der Waals surface area contributed by atoms with Gasteiger partial charge in [-0.3, -0.25) is 4.79 Å². The van der Waals surface area contributed by atoms with Gasteiger partial charge in [0.2, 0.25) is 0 Å². The van der Waals surface area contributed by atoms with E-state index in [9.17, 15) is 9.90 Å². The van der Waals surface area contributed by atoms with Crippen LogP contribution < -0.4 is 0 Å². The van der Waals surface area contributed by atoms with E-state index in [-0.39, 0.29) is 11.5 Å². The molecule has 4 rings (SSSR count). The molecule has 0 aliphatic rings. The number of nitrogens with zero attached hydrogens (tertiary/aromatic N) is 1. The lowest BCUT2D eigenvalue weighted by Crippen LogP contribution is -1.90. The van der Waals surface area contributed by atoms with Crippen molar-refractivity contribution in [3.63, 3.8) is 0 Å². The molecule has 0 bridgehead atoms. The lowest BCUT2D eigenvalue weighted by atomic mass is 10.0. The Morgan fingerprint density at radius 1 is 0.778 bits per heavy atom. The fourth-order valence-electron chi connectivity index (χ4n) is 2.87. The average Bonchev–Trinajstić information content (AvgIpc) is 3.19. The number of aromatic nitrogens is 1. The third kappa shape index (κ3) is 3.66. The zero-order valence-corrected chi connectivity index (χ0v) is 15.5. The molecule has 0 aliphatic carbocycles. The minimum atomic E-state index is 0.0649. The van der Waals surface area contributed by atoms with Crippen LogP contribution in [-0.2, 0) is 0 Å². The molecule has 3 aromatic carbocycles. The number of carbonyl (C=O) groups is 1. The predicted octanol–water partition coefficient (Wildman–Crippen LogP) is 6.05. The Hall–Kier alpha value is -3.24. The van der Waals surface area contributed by atoms with Crippen molar-refractivity contribution in [3.05, 3.63) is 84.6 Å². The molecule has 0 unspecified atom stereocenters. The Kier molecular flexibility index (Phi) is 4.57. The van der Waals surface area contributed by atoms with Crippen molar-refractivity contribution < 1.29 is 9.90 Å². The van der Waals surface area contributed by atoms with Crippen LogP contribution in [-0.4, -0.2) is 15.9 Å². The van der Waals surface area contributed by atoms with Gasteiger partial charge in [0.15, 0.2) is 5.78 Å². The Bertz CT molecular complexity index is 1080. The highest BCUT2D eigenvalue weighted by atomic mass is 32.1. The second kappa shape index (κ2) is 7.17. The molecule has 0 amide bonds. The lowest BCUT2D eigenvalue weighted by Gasteiger charge is -2.03. The summed E-state index contributed by atoms with van der Waals surface area (Å²) in [7, 11) is 0. The minimum Gasteiger partial charge on any atom is -0.508 e. The Balaban J connectivity index is 1.57. The summed E-state index contributed by atoms with van der Waals surface area (Å²) < 4.78 is 0. The number of Topliss-reactive ketones (excluding diaryl/α,β-unsaturated/α-hetero) is 1. The van der Waals surface area contributed by atoms with Crippen molar-refractivity contribution in [2.75, 3.05) is 0 Å². The van der Waals surface area contributed by atoms with Crippen molar-refractivity contribution in [2.24, 2.45) is 0 Å². The van der Waals surface area contributed by atoms with E-state index < -0.39 is 0 Å². The maximum atomic E-state index is 11.4. The van der Waals surface area contributed by atoms with Crippen LogP contribution in [0.2, 0.25) is 0 Å². The van der Waals surface area contributed by atoms with Gasteiger partial charge in [-0.2, -0.15) is 0 Å². The fourth-order valence-corrected chi connectivity index (χ4v) is 3.80. The number of phenolic OH excluding ortho intramolecular Hbond substituents is 1. The van der Waals surface area contributed by atoms with Crippen molar-refractivity contribution in [3.8, 4) is 37.9 Å². The molecule has 4 aromatic rings. The highest BCUT2D eigenvalue weighted by molar-refractivity contribution is 7.18. The zero-order valence-electron chi connectivity index (χ0n) is 14.7. The molecule has 3 nitrogen and oxygen atoms in total.